The molecular weight excluding hydrogens is 307 g/mol. The van der Waals surface area contributed by atoms with Crippen LogP contribution in [0.3, 0.4) is 0 Å². The van der Waals surface area contributed by atoms with Gasteiger partial charge >= 0.3 is 0 Å². The van der Waals surface area contributed by atoms with Gasteiger partial charge in [0.15, 0.2) is 6.29 Å². The van der Waals surface area contributed by atoms with Crippen LogP contribution in [0.4, 0.5) is 0 Å². The lowest BCUT2D eigenvalue weighted by molar-refractivity contribution is -0.208. The van der Waals surface area contributed by atoms with Crippen LogP contribution in [0.5, 0.6) is 0 Å². The van der Waals surface area contributed by atoms with E-state index in [0.717, 1.165) is 0 Å². The van der Waals surface area contributed by atoms with E-state index in [2.05, 4.69) is 10.3 Å². The first-order valence-electron chi connectivity index (χ1n) is 6.13. The van der Waals surface area contributed by atoms with Crippen LogP contribution >= 0.6 is 23.2 Å². The molecule has 112 valence electrons. The molecule has 8 heteroatoms. The number of hydrogen-bond acceptors (Lipinski definition) is 4. The summed E-state index contributed by atoms with van der Waals surface area (Å²) in [5.41, 5.74) is 0.157. The predicted molar refractivity (Wildman–Crippen MR) is 74.0 cm³/mol. The van der Waals surface area contributed by atoms with E-state index in [4.69, 9.17) is 32.7 Å². The maximum Gasteiger partial charge on any atom is 0.269 e. The van der Waals surface area contributed by atoms with Gasteiger partial charge in [-0.25, -0.2) is 0 Å². The second-order valence-corrected chi connectivity index (χ2v) is 5.46. The average Bonchev–Trinajstić information content (AvgIpc) is 2.72. The molecule has 1 aliphatic rings. The fourth-order valence-electron chi connectivity index (χ4n) is 2.19. The van der Waals surface area contributed by atoms with E-state index in [1.54, 1.807) is 6.92 Å². The zero-order chi connectivity index (χ0) is 14.9. The van der Waals surface area contributed by atoms with Crippen molar-refractivity contribution in [3.63, 3.8) is 0 Å². The Labute approximate surface area is 126 Å². The van der Waals surface area contributed by atoms with Crippen molar-refractivity contribution in [2.45, 2.75) is 37.9 Å². The molecule has 0 aliphatic carbocycles. The molecule has 1 saturated heterocycles. The number of methoxy groups -OCH3 is 1. The fraction of sp³-hybridized carbons (Fsp3) is 0.583. The highest BCUT2D eigenvalue weighted by molar-refractivity contribution is 6.36. The molecule has 0 saturated carbocycles. The summed E-state index contributed by atoms with van der Waals surface area (Å²) >= 11 is 11.6. The second-order valence-electron chi connectivity index (χ2n) is 4.65. The summed E-state index contributed by atoms with van der Waals surface area (Å²) in [5.74, 6) is -0.447. The summed E-state index contributed by atoms with van der Waals surface area (Å²) in [6, 6.07) is 0.892. The van der Waals surface area contributed by atoms with Gasteiger partial charge in [0, 0.05) is 13.5 Å². The quantitative estimate of drug-likeness (QED) is 0.788. The van der Waals surface area contributed by atoms with Crippen LogP contribution in [-0.2, 0) is 9.47 Å². The van der Waals surface area contributed by atoms with E-state index < -0.39 is 30.4 Å². The summed E-state index contributed by atoms with van der Waals surface area (Å²) in [6.07, 6.45) is -1.35. The van der Waals surface area contributed by atoms with Crippen molar-refractivity contribution in [3.8, 4) is 0 Å². The van der Waals surface area contributed by atoms with E-state index in [0.29, 0.717) is 0 Å². The molecule has 0 bridgehead atoms. The Morgan fingerprint density at radius 2 is 2.30 bits per heavy atom. The Morgan fingerprint density at radius 1 is 1.60 bits per heavy atom. The molecule has 1 amide bonds. The highest BCUT2D eigenvalue weighted by atomic mass is 35.5. The lowest BCUT2D eigenvalue weighted by Crippen LogP contribution is -2.56. The molecule has 1 fully saturated rings. The van der Waals surface area contributed by atoms with Crippen LogP contribution in [0.25, 0.3) is 0 Å². The number of amides is 1. The van der Waals surface area contributed by atoms with Crippen LogP contribution in [-0.4, -0.2) is 47.6 Å². The lowest BCUT2D eigenvalue weighted by Gasteiger charge is -2.37. The van der Waals surface area contributed by atoms with Gasteiger partial charge in [0.2, 0.25) is 0 Å². The highest BCUT2D eigenvalue weighted by Gasteiger charge is 2.37. The first-order valence-corrected chi connectivity index (χ1v) is 6.89. The van der Waals surface area contributed by atoms with Crippen LogP contribution in [0, 0.1) is 0 Å². The van der Waals surface area contributed by atoms with E-state index in [1.807, 2.05) is 0 Å². The summed E-state index contributed by atoms with van der Waals surface area (Å²) in [7, 11) is 1.50. The van der Waals surface area contributed by atoms with E-state index >= 15 is 0 Å². The van der Waals surface area contributed by atoms with Crippen molar-refractivity contribution in [2.75, 3.05) is 7.11 Å². The largest absolute Gasteiger partial charge is 0.391 e. The molecule has 2 rings (SSSR count). The molecule has 1 aromatic rings. The van der Waals surface area contributed by atoms with Gasteiger partial charge in [-0.1, -0.05) is 23.2 Å². The maximum atomic E-state index is 12.1. The molecule has 6 nitrogen and oxygen atoms in total. The van der Waals surface area contributed by atoms with Gasteiger partial charge in [0.25, 0.3) is 5.91 Å². The Morgan fingerprint density at radius 3 is 2.80 bits per heavy atom. The number of nitrogens with one attached hydrogen (secondary N) is 2. The van der Waals surface area contributed by atoms with Crippen molar-refractivity contribution >= 4 is 29.1 Å². The number of hydrogen-bond donors (Lipinski definition) is 3. The minimum atomic E-state index is -0.767. The number of aromatic nitrogens is 1. The van der Waals surface area contributed by atoms with E-state index in [-0.39, 0.29) is 22.3 Å². The van der Waals surface area contributed by atoms with Gasteiger partial charge in [0.05, 0.1) is 23.3 Å². The Bertz CT molecular complexity index is 482. The third kappa shape index (κ3) is 3.27. The number of ether oxygens (including phenoxy) is 2. The molecule has 0 radical (unpaired) electrons. The minimum Gasteiger partial charge on any atom is -0.391 e. The van der Waals surface area contributed by atoms with E-state index in [1.165, 1.54) is 13.2 Å². The second kappa shape index (κ2) is 6.32. The van der Waals surface area contributed by atoms with Gasteiger partial charge in [-0.3, -0.25) is 4.79 Å². The number of carbonyl (C=O) groups excluding carboxylic acids is 1. The highest BCUT2D eigenvalue weighted by Crippen LogP contribution is 2.23. The molecule has 0 aromatic carbocycles. The van der Waals surface area contributed by atoms with Crippen molar-refractivity contribution in [1.29, 1.82) is 0 Å². The SMILES string of the molecule is CO[C@H]1C[C@H](O)[C@H](NC(=O)c2[nH]c(Cl)cc2Cl)[C@@H](C)O1. The van der Waals surface area contributed by atoms with Crippen molar-refractivity contribution in [2.24, 2.45) is 0 Å². The van der Waals surface area contributed by atoms with Crippen LogP contribution < -0.4 is 5.32 Å². The van der Waals surface area contributed by atoms with Gasteiger partial charge in [-0.15, -0.1) is 0 Å². The number of H-pyrrole nitrogens is 1. The molecule has 20 heavy (non-hydrogen) atoms. The molecule has 3 N–H and O–H groups in total. The number of carbonyl (C=O) groups is 1. The smallest absolute Gasteiger partial charge is 0.269 e. The number of rotatable bonds is 3. The molecule has 1 aliphatic heterocycles. The van der Waals surface area contributed by atoms with Gasteiger partial charge in [-0.05, 0) is 13.0 Å². The molecule has 1 aromatic heterocycles. The summed E-state index contributed by atoms with van der Waals surface area (Å²) < 4.78 is 10.6. The normalized spacial score (nSPS) is 30.2. The van der Waals surface area contributed by atoms with Gasteiger partial charge in [-0.2, -0.15) is 0 Å². The maximum absolute atomic E-state index is 12.1. The third-order valence-corrected chi connectivity index (χ3v) is 3.75. The average molecular weight is 323 g/mol. The molecule has 0 unspecified atom stereocenters. The van der Waals surface area contributed by atoms with Crippen molar-refractivity contribution in [1.82, 2.24) is 10.3 Å². The Balaban J connectivity index is 2.06. The number of aliphatic hydroxyl groups is 1. The Kier molecular flexibility index (Phi) is 4.93. The number of aromatic amines is 1. The fourth-order valence-corrected chi connectivity index (χ4v) is 2.69. The zero-order valence-electron chi connectivity index (χ0n) is 11.0. The van der Waals surface area contributed by atoms with Crippen LogP contribution in [0.15, 0.2) is 6.07 Å². The molecular formula is C12H16Cl2N2O4. The van der Waals surface area contributed by atoms with Gasteiger partial charge in [0.1, 0.15) is 10.8 Å². The molecule has 4 atom stereocenters. The van der Waals surface area contributed by atoms with Crippen LogP contribution in [0.2, 0.25) is 10.2 Å². The number of aliphatic hydroxyl groups excluding tert-OH is 1. The standard InChI is InChI=1S/C12H16Cl2N2O4/c1-5-10(7(17)4-9(19-2)20-5)16-12(18)11-6(13)3-8(14)15-11/h3,5,7,9-10,15,17H,4H2,1-2H3,(H,16,18)/t5-,7+,9-,10-/m1/s1. The summed E-state index contributed by atoms with van der Waals surface area (Å²) in [5, 5.41) is 13.3. The number of halogens is 2. The van der Waals surface area contributed by atoms with Gasteiger partial charge < -0.3 is 24.9 Å². The molecule has 0 spiro atoms. The minimum absolute atomic E-state index is 0.157. The molecule has 2 heterocycles. The summed E-state index contributed by atoms with van der Waals surface area (Å²) in [4.78, 5) is 14.8. The lowest BCUT2D eigenvalue weighted by atomic mass is 9.99. The first kappa shape index (κ1) is 15.6. The van der Waals surface area contributed by atoms with Crippen molar-refractivity contribution < 1.29 is 19.4 Å². The zero-order valence-corrected chi connectivity index (χ0v) is 12.5. The third-order valence-electron chi connectivity index (χ3n) is 3.25. The summed E-state index contributed by atoms with van der Waals surface area (Å²) in [6.45, 7) is 1.75. The monoisotopic (exact) mass is 322 g/mol. The van der Waals surface area contributed by atoms with Crippen molar-refractivity contribution in [3.05, 3.63) is 21.9 Å². The predicted octanol–water partition coefficient (Wildman–Crippen LogP) is 1.56. The van der Waals surface area contributed by atoms with E-state index in [9.17, 15) is 9.90 Å². The Hall–Kier alpha value is -0.790. The first-order chi connectivity index (χ1) is 9.42. The van der Waals surface area contributed by atoms with Crippen LogP contribution in [0.1, 0.15) is 23.8 Å². The topological polar surface area (TPSA) is 83.6 Å².